The largest absolute Gasteiger partial charge is 0.444 e. The molecule has 1 aliphatic rings. The predicted octanol–water partition coefficient (Wildman–Crippen LogP) is 3.76. The Hall–Kier alpha value is -3.09. The minimum atomic E-state index is -0.475. The summed E-state index contributed by atoms with van der Waals surface area (Å²) in [5.41, 5.74) is 3.54. The van der Waals surface area contributed by atoms with Gasteiger partial charge in [-0.3, -0.25) is 0 Å². The number of imidazole rings is 1. The molecule has 0 unspecified atom stereocenters. The quantitative estimate of drug-likeness (QED) is 0.663. The Morgan fingerprint density at radius 1 is 1.07 bits per heavy atom. The number of piperazine rings is 1. The first kappa shape index (κ1) is 19.2. The van der Waals surface area contributed by atoms with Crippen LogP contribution in [0.2, 0.25) is 0 Å². The van der Waals surface area contributed by atoms with Gasteiger partial charge in [-0.1, -0.05) is 23.8 Å². The van der Waals surface area contributed by atoms with Crippen LogP contribution in [0.5, 0.6) is 0 Å². The Kier molecular flexibility index (Phi) is 4.90. The van der Waals surface area contributed by atoms with Crippen LogP contribution < -0.4 is 4.90 Å². The second-order valence-corrected chi connectivity index (χ2v) is 8.44. The Morgan fingerprint density at radius 2 is 1.83 bits per heavy atom. The van der Waals surface area contributed by atoms with Crippen molar-refractivity contribution in [3.8, 4) is 11.3 Å². The lowest BCUT2D eigenvalue weighted by molar-refractivity contribution is 0.0240. The number of hydrogen-bond donors (Lipinski definition) is 0. The molecular formula is C22H27N5O2. The standard InChI is InChI=1S/C22H27N5O2/c1-16-6-5-7-17(14-16)18-15-27-19(23-18)8-9-20(24-27)25-10-12-26(13-11-25)21(28)29-22(2,3)4/h5-9,14-15H,10-13H2,1-4H3. The monoisotopic (exact) mass is 393 g/mol. The first-order valence-electron chi connectivity index (χ1n) is 9.95. The summed E-state index contributed by atoms with van der Waals surface area (Å²) < 4.78 is 7.30. The van der Waals surface area contributed by atoms with Crippen LogP contribution in [0, 0.1) is 6.92 Å². The normalized spacial score (nSPS) is 15.0. The van der Waals surface area contributed by atoms with Crippen molar-refractivity contribution < 1.29 is 9.53 Å². The fourth-order valence-electron chi connectivity index (χ4n) is 3.43. The summed E-state index contributed by atoms with van der Waals surface area (Å²) in [6.07, 6.45) is 1.71. The fraction of sp³-hybridized carbons (Fsp3) is 0.409. The molecule has 0 N–H and O–H groups in total. The van der Waals surface area contributed by atoms with Crippen molar-refractivity contribution in [3.63, 3.8) is 0 Å². The molecule has 7 heteroatoms. The third kappa shape index (κ3) is 4.34. The van der Waals surface area contributed by atoms with E-state index in [0.29, 0.717) is 13.1 Å². The molecule has 4 rings (SSSR count). The summed E-state index contributed by atoms with van der Waals surface area (Å²) >= 11 is 0. The molecule has 0 bridgehead atoms. The van der Waals surface area contributed by atoms with Gasteiger partial charge in [-0.15, -0.1) is 5.10 Å². The predicted molar refractivity (Wildman–Crippen MR) is 113 cm³/mol. The van der Waals surface area contributed by atoms with Crippen molar-refractivity contribution in [2.75, 3.05) is 31.1 Å². The number of hydrogen-bond acceptors (Lipinski definition) is 5. The van der Waals surface area contributed by atoms with Crippen molar-refractivity contribution in [2.24, 2.45) is 0 Å². The minimum absolute atomic E-state index is 0.252. The van der Waals surface area contributed by atoms with E-state index in [1.165, 1.54) is 5.56 Å². The molecule has 3 heterocycles. The van der Waals surface area contributed by atoms with E-state index in [9.17, 15) is 4.79 Å². The van der Waals surface area contributed by atoms with E-state index in [2.05, 4.69) is 30.0 Å². The molecule has 152 valence electrons. The summed E-state index contributed by atoms with van der Waals surface area (Å²) in [7, 11) is 0. The zero-order valence-electron chi connectivity index (χ0n) is 17.4. The van der Waals surface area contributed by atoms with Gasteiger partial charge in [0.1, 0.15) is 11.4 Å². The van der Waals surface area contributed by atoms with Crippen molar-refractivity contribution in [1.29, 1.82) is 0 Å². The molecule has 0 aliphatic carbocycles. The number of fused-ring (bicyclic) bond motifs is 1. The Morgan fingerprint density at radius 3 is 2.52 bits per heavy atom. The van der Waals surface area contributed by atoms with Gasteiger partial charge in [0.15, 0.2) is 5.65 Å². The van der Waals surface area contributed by atoms with Crippen LogP contribution in [0.1, 0.15) is 26.3 Å². The molecule has 1 saturated heterocycles. The summed E-state index contributed by atoms with van der Waals surface area (Å²) in [6.45, 7) is 10.4. The number of aromatic nitrogens is 3. The highest BCUT2D eigenvalue weighted by Crippen LogP contribution is 2.22. The molecule has 0 spiro atoms. The molecule has 7 nitrogen and oxygen atoms in total. The van der Waals surface area contributed by atoms with E-state index in [-0.39, 0.29) is 6.09 Å². The number of carbonyl (C=O) groups excluding carboxylic acids is 1. The zero-order chi connectivity index (χ0) is 20.6. The maximum absolute atomic E-state index is 12.3. The second kappa shape index (κ2) is 7.39. The summed E-state index contributed by atoms with van der Waals surface area (Å²) in [5, 5.41) is 4.74. The van der Waals surface area contributed by atoms with Gasteiger partial charge in [0.25, 0.3) is 0 Å². The summed E-state index contributed by atoms with van der Waals surface area (Å²) in [5.74, 6) is 0.884. The molecule has 0 saturated carbocycles. The number of benzene rings is 1. The maximum Gasteiger partial charge on any atom is 0.410 e. The molecule has 0 atom stereocenters. The molecule has 1 amide bonds. The van der Waals surface area contributed by atoms with Crippen LogP contribution >= 0.6 is 0 Å². The minimum Gasteiger partial charge on any atom is -0.444 e. The smallest absolute Gasteiger partial charge is 0.410 e. The van der Waals surface area contributed by atoms with Gasteiger partial charge in [0.05, 0.1) is 11.9 Å². The molecule has 1 aliphatic heterocycles. The molecule has 1 aromatic carbocycles. The van der Waals surface area contributed by atoms with Gasteiger partial charge in [0, 0.05) is 31.7 Å². The summed E-state index contributed by atoms with van der Waals surface area (Å²) in [4.78, 5) is 20.9. The van der Waals surface area contributed by atoms with Gasteiger partial charge >= 0.3 is 6.09 Å². The number of carbonyl (C=O) groups is 1. The lowest BCUT2D eigenvalue weighted by Crippen LogP contribution is -2.50. The Labute approximate surface area is 170 Å². The van der Waals surface area contributed by atoms with Crippen LogP contribution in [-0.2, 0) is 4.74 Å². The number of anilines is 1. The van der Waals surface area contributed by atoms with Crippen LogP contribution in [0.25, 0.3) is 16.9 Å². The third-order valence-corrected chi connectivity index (χ3v) is 4.88. The van der Waals surface area contributed by atoms with Gasteiger partial charge in [-0.25, -0.2) is 14.3 Å². The van der Waals surface area contributed by atoms with E-state index in [0.717, 1.165) is 35.8 Å². The molecule has 0 radical (unpaired) electrons. The van der Waals surface area contributed by atoms with E-state index >= 15 is 0 Å². The van der Waals surface area contributed by atoms with E-state index in [4.69, 9.17) is 14.8 Å². The number of rotatable bonds is 2. The number of amides is 1. The van der Waals surface area contributed by atoms with Crippen molar-refractivity contribution in [3.05, 3.63) is 48.2 Å². The lowest BCUT2D eigenvalue weighted by Gasteiger charge is -2.36. The number of ether oxygens (including phenoxy) is 1. The zero-order valence-corrected chi connectivity index (χ0v) is 17.4. The SMILES string of the molecule is Cc1cccc(-c2cn3nc(N4CCN(C(=O)OC(C)(C)C)CC4)ccc3n2)c1. The van der Waals surface area contributed by atoms with Crippen LogP contribution in [0.15, 0.2) is 42.6 Å². The maximum atomic E-state index is 12.3. The van der Waals surface area contributed by atoms with Gasteiger partial charge < -0.3 is 14.5 Å². The van der Waals surface area contributed by atoms with Crippen LogP contribution in [-0.4, -0.2) is 57.4 Å². The first-order valence-corrected chi connectivity index (χ1v) is 9.95. The molecular weight excluding hydrogens is 366 g/mol. The fourth-order valence-corrected chi connectivity index (χ4v) is 3.43. The number of aryl methyl sites for hydroxylation is 1. The van der Waals surface area contributed by atoms with Crippen molar-refractivity contribution in [2.45, 2.75) is 33.3 Å². The van der Waals surface area contributed by atoms with Crippen LogP contribution in [0.4, 0.5) is 10.6 Å². The van der Waals surface area contributed by atoms with Gasteiger partial charge in [-0.05, 0) is 45.9 Å². The summed E-state index contributed by atoms with van der Waals surface area (Å²) in [6, 6.07) is 12.3. The highest BCUT2D eigenvalue weighted by atomic mass is 16.6. The average Bonchev–Trinajstić information content (AvgIpc) is 3.10. The van der Waals surface area contributed by atoms with Gasteiger partial charge in [-0.2, -0.15) is 0 Å². The topological polar surface area (TPSA) is 63.0 Å². The van der Waals surface area contributed by atoms with E-state index in [1.54, 1.807) is 4.90 Å². The van der Waals surface area contributed by atoms with E-state index in [1.807, 2.05) is 49.7 Å². The highest BCUT2D eigenvalue weighted by molar-refractivity contribution is 5.68. The highest BCUT2D eigenvalue weighted by Gasteiger charge is 2.26. The van der Waals surface area contributed by atoms with E-state index < -0.39 is 5.60 Å². The third-order valence-electron chi connectivity index (χ3n) is 4.88. The average molecular weight is 393 g/mol. The molecule has 1 fully saturated rings. The van der Waals surface area contributed by atoms with Crippen LogP contribution in [0.3, 0.4) is 0 Å². The van der Waals surface area contributed by atoms with Crippen molar-refractivity contribution >= 4 is 17.6 Å². The molecule has 29 heavy (non-hydrogen) atoms. The lowest BCUT2D eigenvalue weighted by atomic mass is 10.1. The Bertz CT molecular complexity index is 1030. The van der Waals surface area contributed by atoms with Gasteiger partial charge in [0.2, 0.25) is 0 Å². The molecule has 2 aromatic heterocycles. The second-order valence-electron chi connectivity index (χ2n) is 8.44. The molecule has 3 aromatic rings. The Balaban J connectivity index is 1.47. The van der Waals surface area contributed by atoms with Crippen molar-refractivity contribution in [1.82, 2.24) is 19.5 Å². The number of nitrogens with zero attached hydrogens (tertiary/aromatic N) is 5. The first-order chi connectivity index (χ1) is 13.8.